The second-order valence-corrected chi connectivity index (χ2v) is 11.3. The summed E-state index contributed by atoms with van der Waals surface area (Å²) in [7, 11) is -7.53. The zero-order chi connectivity index (χ0) is 23.8. The Morgan fingerprint density at radius 1 is 1.00 bits per heavy atom. The van der Waals surface area contributed by atoms with Crippen molar-refractivity contribution in [1.82, 2.24) is 14.4 Å². The normalized spacial score (nSPS) is 12.0. The molecule has 11 heteroatoms. The van der Waals surface area contributed by atoms with Crippen LogP contribution in [0.2, 0.25) is 0 Å². The molecular formula is C22H19N4O5S2+. The minimum atomic E-state index is -3.97. The third-order valence-electron chi connectivity index (χ3n) is 4.93. The molecule has 0 spiro atoms. The van der Waals surface area contributed by atoms with Gasteiger partial charge in [0, 0.05) is 31.0 Å². The highest BCUT2D eigenvalue weighted by Gasteiger charge is 2.22. The minimum absolute atomic E-state index is 0.0602. The second kappa shape index (κ2) is 8.34. The van der Waals surface area contributed by atoms with E-state index in [1.807, 2.05) is 0 Å². The first-order valence-electron chi connectivity index (χ1n) is 9.61. The van der Waals surface area contributed by atoms with Crippen LogP contribution in [0.3, 0.4) is 0 Å². The lowest BCUT2D eigenvalue weighted by atomic mass is 10.2. The Balaban J connectivity index is 1.53. The summed E-state index contributed by atoms with van der Waals surface area (Å²) in [4.78, 5) is 20.6. The number of rotatable bonds is 6. The van der Waals surface area contributed by atoms with Crippen LogP contribution in [0, 0.1) is 0 Å². The molecule has 0 aliphatic heterocycles. The zero-order valence-electron chi connectivity index (χ0n) is 17.5. The molecule has 0 saturated carbocycles. The van der Waals surface area contributed by atoms with Crippen molar-refractivity contribution in [3.8, 4) is 0 Å². The standard InChI is InChI=1S/C22H19N4O5S2/c1-25(22(27)16-6-9-21-23-10-11-26(21)14-16)15-17-7-8-20(13-24-17)33(30,31)19-5-3-4-18(12-19)32(2,28)29/h3-14H,1,15H2,2H3/q+1. The molecule has 0 bridgehead atoms. The molecule has 0 unspecified atom stereocenters. The van der Waals surface area contributed by atoms with Gasteiger partial charge in [0.05, 0.1) is 14.7 Å². The number of benzene rings is 1. The lowest BCUT2D eigenvalue weighted by Crippen LogP contribution is -2.20. The number of fused-ring (bicyclic) bond motifs is 1. The average molecular weight is 484 g/mol. The van der Waals surface area contributed by atoms with Gasteiger partial charge in [0.1, 0.15) is 23.6 Å². The molecule has 168 valence electrons. The number of pyridine rings is 2. The van der Waals surface area contributed by atoms with Gasteiger partial charge < -0.3 is 4.40 Å². The fraction of sp³-hybridized carbons (Fsp3) is 0.0909. The monoisotopic (exact) mass is 483 g/mol. The van der Waals surface area contributed by atoms with Gasteiger partial charge in [-0.2, -0.15) is 4.58 Å². The van der Waals surface area contributed by atoms with Gasteiger partial charge in [0.15, 0.2) is 16.4 Å². The van der Waals surface area contributed by atoms with Crippen molar-refractivity contribution in [3.63, 3.8) is 0 Å². The molecule has 3 aromatic heterocycles. The molecule has 0 radical (unpaired) electrons. The minimum Gasteiger partial charge on any atom is -0.306 e. The molecule has 0 atom stereocenters. The topological polar surface area (TPSA) is 119 Å². The highest BCUT2D eigenvalue weighted by molar-refractivity contribution is 7.92. The zero-order valence-corrected chi connectivity index (χ0v) is 19.1. The maximum Gasteiger partial charge on any atom is 0.420 e. The Morgan fingerprint density at radius 3 is 2.45 bits per heavy atom. The molecule has 0 fully saturated rings. The van der Waals surface area contributed by atoms with Gasteiger partial charge in [0.2, 0.25) is 9.84 Å². The molecule has 4 aromatic rings. The van der Waals surface area contributed by atoms with E-state index in [9.17, 15) is 21.6 Å². The summed E-state index contributed by atoms with van der Waals surface area (Å²) >= 11 is 0. The first-order chi connectivity index (χ1) is 15.6. The second-order valence-electron chi connectivity index (χ2n) is 7.35. The van der Waals surface area contributed by atoms with Crippen LogP contribution in [0.25, 0.3) is 5.65 Å². The maximum atomic E-state index is 12.9. The molecule has 0 saturated heterocycles. The van der Waals surface area contributed by atoms with Crippen molar-refractivity contribution < 1.29 is 26.2 Å². The molecule has 9 nitrogen and oxygen atoms in total. The number of sulfone groups is 2. The lowest BCUT2D eigenvalue weighted by Gasteiger charge is -2.07. The van der Waals surface area contributed by atoms with E-state index >= 15 is 0 Å². The van der Waals surface area contributed by atoms with Crippen molar-refractivity contribution >= 4 is 37.9 Å². The SMILES string of the molecule is C=[N+](Cc1ccc(S(=O)(=O)c2cccc(S(C)(=O)=O)c2)cn1)C(=O)c1ccc2nccn2c1. The van der Waals surface area contributed by atoms with Gasteiger partial charge >= 0.3 is 5.91 Å². The number of imidazole rings is 1. The molecule has 3 heterocycles. The van der Waals surface area contributed by atoms with Crippen LogP contribution in [0.4, 0.5) is 0 Å². The van der Waals surface area contributed by atoms with Crippen molar-refractivity contribution in [3.05, 3.63) is 84.6 Å². The summed E-state index contributed by atoms with van der Waals surface area (Å²) in [5.41, 5.74) is 1.56. The van der Waals surface area contributed by atoms with Gasteiger partial charge in [-0.1, -0.05) is 6.07 Å². The van der Waals surface area contributed by atoms with E-state index in [0.717, 1.165) is 12.3 Å². The number of hydrogen-bond acceptors (Lipinski definition) is 7. The summed E-state index contributed by atoms with van der Waals surface area (Å²) in [5, 5.41) is 0. The summed E-state index contributed by atoms with van der Waals surface area (Å²) in [6.07, 6.45) is 7.19. The van der Waals surface area contributed by atoms with Gasteiger partial charge in [-0.25, -0.2) is 26.6 Å². The number of carbonyl (C=O) groups excluding carboxylic acids is 1. The number of amides is 1. The third kappa shape index (κ3) is 4.59. The first kappa shape index (κ1) is 22.5. The quantitative estimate of drug-likeness (QED) is 0.304. The van der Waals surface area contributed by atoms with Crippen LogP contribution in [-0.2, 0) is 26.2 Å². The highest BCUT2D eigenvalue weighted by atomic mass is 32.2. The Hall–Kier alpha value is -3.70. The van der Waals surface area contributed by atoms with E-state index in [-0.39, 0.29) is 27.1 Å². The summed E-state index contributed by atoms with van der Waals surface area (Å²) < 4.78 is 52.3. The van der Waals surface area contributed by atoms with Crippen molar-refractivity contribution in [2.45, 2.75) is 21.2 Å². The number of aromatic nitrogens is 3. The molecule has 0 aliphatic rings. The van der Waals surface area contributed by atoms with Crippen LogP contribution in [-0.4, -0.2) is 54.7 Å². The van der Waals surface area contributed by atoms with Crippen LogP contribution >= 0.6 is 0 Å². The summed E-state index contributed by atoms with van der Waals surface area (Å²) in [6.45, 7) is 3.83. The molecule has 0 N–H and O–H groups in total. The number of hydrogen-bond donors (Lipinski definition) is 0. The van der Waals surface area contributed by atoms with Gasteiger partial charge in [-0.3, -0.25) is 4.98 Å². The Bertz CT molecular complexity index is 1610. The molecular weight excluding hydrogens is 464 g/mol. The van der Waals surface area contributed by atoms with E-state index in [0.29, 0.717) is 16.9 Å². The highest BCUT2D eigenvalue weighted by Crippen LogP contribution is 2.23. The fourth-order valence-corrected chi connectivity index (χ4v) is 5.16. The van der Waals surface area contributed by atoms with E-state index in [4.69, 9.17) is 0 Å². The summed E-state index contributed by atoms with van der Waals surface area (Å²) in [6, 6.07) is 11.4. The Kier molecular flexibility index (Phi) is 5.68. The largest absolute Gasteiger partial charge is 0.420 e. The molecule has 1 amide bonds. The van der Waals surface area contributed by atoms with E-state index < -0.39 is 19.7 Å². The fourth-order valence-electron chi connectivity index (χ4n) is 3.17. The Morgan fingerprint density at radius 2 is 1.76 bits per heavy atom. The van der Waals surface area contributed by atoms with E-state index in [1.165, 1.54) is 41.1 Å². The lowest BCUT2D eigenvalue weighted by molar-refractivity contribution is -0.437. The van der Waals surface area contributed by atoms with Crippen molar-refractivity contribution in [2.24, 2.45) is 0 Å². The number of nitrogens with zero attached hydrogens (tertiary/aromatic N) is 4. The molecule has 4 rings (SSSR count). The van der Waals surface area contributed by atoms with Gasteiger partial charge in [0.25, 0.3) is 0 Å². The van der Waals surface area contributed by atoms with E-state index in [1.54, 1.807) is 35.1 Å². The first-order valence-corrected chi connectivity index (χ1v) is 13.0. The van der Waals surface area contributed by atoms with Crippen molar-refractivity contribution in [1.29, 1.82) is 0 Å². The van der Waals surface area contributed by atoms with Crippen LogP contribution in [0.5, 0.6) is 0 Å². The van der Waals surface area contributed by atoms with E-state index in [2.05, 4.69) is 16.7 Å². The van der Waals surface area contributed by atoms with Gasteiger partial charge in [-0.15, -0.1) is 0 Å². The molecule has 1 aromatic carbocycles. The van der Waals surface area contributed by atoms with Crippen molar-refractivity contribution in [2.75, 3.05) is 6.26 Å². The average Bonchev–Trinajstić information content (AvgIpc) is 3.26. The third-order valence-corrected chi connectivity index (χ3v) is 7.77. The molecule has 33 heavy (non-hydrogen) atoms. The predicted molar refractivity (Wildman–Crippen MR) is 120 cm³/mol. The smallest absolute Gasteiger partial charge is 0.306 e. The van der Waals surface area contributed by atoms with Crippen LogP contribution in [0.1, 0.15) is 16.1 Å². The van der Waals surface area contributed by atoms with Gasteiger partial charge in [-0.05, 0) is 42.5 Å². The van der Waals surface area contributed by atoms with Crippen LogP contribution < -0.4 is 0 Å². The predicted octanol–water partition coefficient (Wildman–Crippen LogP) is 2.02. The number of carbonyl (C=O) groups is 1. The summed E-state index contributed by atoms with van der Waals surface area (Å²) in [5.74, 6) is -0.332. The molecule has 0 aliphatic carbocycles. The van der Waals surface area contributed by atoms with Crippen LogP contribution in [0.15, 0.2) is 88.0 Å². The maximum absolute atomic E-state index is 12.9. The Labute approximate surface area is 190 Å².